The quantitative estimate of drug-likeness (QED) is 0.216. The third kappa shape index (κ3) is 10.7. The fourth-order valence-electron chi connectivity index (χ4n) is 10.6. The predicted molar refractivity (Wildman–Crippen MR) is 235 cm³/mol. The van der Waals surface area contributed by atoms with Crippen LogP contribution in [0.15, 0.2) is 18.2 Å². The lowest BCUT2D eigenvalue weighted by atomic mass is 9.73. The van der Waals surface area contributed by atoms with Gasteiger partial charge in [-0.25, -0.2) is 4.79 Å². The molecule has 358 valence electrons. The highest BCUT2D eigenvalue weighted by Gasteiger charge is 2.61. The molecule has 1 aromatic carbocycles. The van der Waals surface area contributed by atoms with Crippen molar-refractivity contribution in [3.8, 4) is 0 Å². The van der Waals surface area contributed by atoms with Crippen LogP contribution in [-0.4, -0.2) is 145 Å². The van der Waals surface area contributed by atoms with Crippen molar-refractivity contribution in [2.45, 2.75) is 186 Å². The number of likely N-dealkylation sites (N-methyl/N-ethyl adjacent to an activating group) is 1. The Morgan fingerprint density at radius 2 is 1.57 bits per heavy atom. The van der Waals surface area contributed by atoms with E-state index in [9.17, 15) is 24.6 Å². The highest BCUT2D eigenvalue weighted by atomic mass is 35.5. The zero-order valence-electron chi connectivity index (χ0n) is 39.2. The van der Waals surface area contributed by atoms with Gasteiger partial charge < -0.3 is 53.4 Å². The molecule has 4 fully saturated rings. The third-order valence-corrected chi connectivity index (χ3v) is 15.2. The maximum atomic E-state index is 15.0. The second kappa shape index (κ2) is 20.8. The number of ether oxygens (including phenoxy) is 8. The number of nitrogens with one attached hydrogen (secondary N) is 1. The summed E-state index contributed by atoms with van der Waals surface area (Å²) in [5.41, 5.74) is -2.95. The van der Waals surface area contributed by atoms with Crippen molar-refractivity contribution in [3.63, 3.8) is 0 Å². The molecule has 1 aromatic rings. The number of fused-ring (bicyclic) bond motifs is 1. The first-order chi connectivity index (χ1) is 29.5. The minimum absolute atomic E-state index is 0.119. The van der Waals surface area contributed by atoms with Crippen molar-refractivity contribution >= 4 is 41.0 Å². The van der Waals surface area contributed by atoms with Gasteiger partial charge in [0.2, 0.25) is 0 Å². The SMILES string of the molecule is CC[C@H]1OC(=O)[C@H](C)[C@@H](O[C@H]2C[C@@](C)(OC)[C@@H](O)[C@H](C)O2)[C@H](C)[C@@H](O[C@@H]2O[C@H](C)C[C@H](NC)[C@H]2O)[C@](C)(OC)C[C@@H](C)C(=O)C(C)[C@H]2N(CCc3ccc(Cl)c(Cl)c3)C(=O)O[C@@]12C. The minimum Gasteiger partial charge on any atom is -0.458 e. The number of ketones is 1. The molecule has 18 atom stereocenters. The molecular weight excluding hydrogens is 859 g/mol. The van der Waals surface area contributed by atoms with Gasteiger partial charge in [-0.05, 0) is 92.0 Å². The summed E-state index contributed by atoms with van der Waals surface area (Å²) in [5, 5.41) is 26.6. The molecule has 1 unspecified atom stereocenters. The number of halogens is 2. The number of amides is 1. The number of benzene rings is 1. The van der Waals surface area contributed by atoms with E-state index in [2.05, 4.69) is 5.32 Å². The first kappa shape index (κ1) is 51.8. The van der Waals surface area contributed by atoms with Gasteiger partial charge >= 0.3 is 12.1 Å². The van der Waals surface area contributed by atoms with Gasteiger partial charge in [0.1, 0.15) is 24.1 Å². The van der Waals surface area contributed by atoms with Crippen molar-refractivity contribution in [2.75, 3.05) is 27.8 Å². The van der Waals surface area contributed by atoms with Crippen LogP contribution in [0.4, 0.5) is 4.79 Å². The van der Waals surface area contributed by atoms with E-state index in [0.717, 1.165) is 5.56 Å². The molecule has 0 aromatic heterocycles. The number of hydrogen-bond donors (Lipinski definition) is 3. The molecule has 0 radical (unpaired) electrons. The smallest absolute Gasteiger partial charge is 0.410 e. The average molecular weight is 932 g/mol. The zero-order chi connectivity index (χ0) is 46.9. The number of methoxy groups -OCH3 is 2. The summed E-state index contributed by atoms with van der Waals surface area (Å²) in [7, 11) is 4.81. The Morgan fingerprint density at radius 3 is 2.17 bits per heavy atom. The van der Waals surface area contributed by atoms with Crippen LogP contribution in [0, 0.1) is 23.7 Å². The van der Waals surface area contributed by atoms with E-state index >= 15 is 0 Å². The van der Waals surface area contributed by atoms with E-state index in [4.69, 9.17) is 61.1 Å². The Kier molecular flexibility index (Phi) is 17.1. The molecule has 0 bridgehead atoms. The molecule has 4 aliphatic heterocycles. The van der Waals surface area contributed by atoms with Crippen molar-refractivity contribution < 1.29 is 62.5 Å². The lowest BCUT2D eigenvalue weighted by molar-refractivity contribution is -0.317. The average Bonchev–Trinajstić information content (AvgIpc) is 3.51. The van der Waals surface area contributed by atoms with Crippen LogP contribution >= 0.6 is 23.2 Å². The van der Waals surface area contributed by atoms with E-state index in [1.165, 1.54) is 14.2 Å². The number of nitrogens with zero attached hydrogens (tertiary/aromatic N) is 1. The van der Waals surface area contributed by atoms with E-state index in [1.807, 2.05) is 40.7 Å². The maximum Gasteiger partial charge on any atom is 0.410 e. The van der Waals surface area contributed by atoms with E-state index in [1.54, 1.807) is 58.7 Å². The number of aliphatic hydroxyl groups is 2. The molecule has 4 heterocycles. The Hall–Kier alpha value is -2.15. The highest BCUT2D eigenvalue weighted by Crippen LogP contribution is 2.45. The second-order valence-corrected chi connectivity index (χ2v) is 19.8. The first-order valence-electron chi connectivity index (χ1n) is 22.4. The molecule has 4 aliphatic rings. The molecule has 3 N–H and O–H groups in total. The largest absolute Gasteiger partial charge is 0.458 e. The van der Waals surface area contributed by atoms with E-state index in [0.29, 0.717) is 22.9 Å². The summed E-state index contributed by atoms with van der Waals surface area (Å²) >= 11 is 12.5. The van der Waals surface area contributed by atoms with Crippen LogP contribution in [0.2, 0.25) is 10.0 Å². The Morgan fingerprint density at radius 1 is 0.905 bits per heavy atom. The first-order valence-corrected chi connectivity index (χ1v) is 23.2. The van der Waals surface area contributed by atoms with Crippen molar-refractivity contribution in [1.82, 2.24) is 10.2 Å². The highest BCUT2D eigenvalue weighted by molar-refractivity contribution is 6.42. The number of hydrogen-bond acceptors (Lipinski definition) is 14. The molecule has 15 nitrogen and oxygen atoms in total. The zero-order valence-corrected chi connectivity index (χ0v) is 40.7. The number of Topliss-reactive ketones (excluding diaryl/α,β-unsaturated/α-hetero) is 1. The lowest BCUT2D eigenvalue weighted by Crippen LogP contribution is -2.61. The number of esters is 1. The number of cyclic esters (lactones) is 1. The number of aliphatic hydroxyl groups excluding tert-OH is 2. The van der Waals surface area contributed by atoms with Gasteiger partial charge in [-0.1, -0.05) is 57.0 Å². The molecule has 0 saturated carbocycles. The second-order valence-electron chi connectivity index (χ2n) is 19.0. The molecule has 63 heavy (non-hydrogen) atoms. The van der Waals surface area contributed by atoms with Crippen LogP contribution in [0.1, 0.15) is 100 Å². The van der Waals surface area contributed by atoms with E-state index in [-0.39, 0.29) is 43.7 Å². The maximum absolute atomic E-state index is 15.0. The van der Waals surface area contributed by atoms with Crippen LogP contribution < -0.4 is 5.32 Å². The summed E-state index contributed by atoms with van der Waals surface area (Å²) in [4.78, 5) is 45.4. The van der Waals surface area contributed by atoms with Crippen LogP contribution in [-0.2, 0) is 53.9 Å². The summed E-state index contributed by atoms with van der Waals surface area (Å²) in [5.74, 6) is -4.03. The summed E-state index contributed by atoms with van der Waals surface area (Å²) in [6, 6.07) is 4.05. The summed E-state index contributed by atoms with van der Waals surface area (Å²) in [6.45, 7) is 18.1. The summed E-state index contributed by atoms with van der Waals surface area (Å²) in [6.07, 6.45) is -7.34. The number of rotatable bonds is 11. The molecule has 0 aliphatic carbocycles. The van der Waals surface area contributed by atoms with Crippen molar-refractivity contribution in [1.29, 1.82) is 0 Å². The van der Waals surface area contributed by atoms with Gasteiger partial charge in [-0.15, -0.1) is 0 Å². The molecule has 1 amide bonds. The molecule has 5 rings (SSSR count). The van der Waals surface area contributed by atoms with Gasteiger partial charge in [0.05, 0.1) is 57.6 Å². The molecule has 4 saturated heterocycles. The van der Waals surface area contributed by atoms with E-state index < -0.39 is 108 Å². The van der Waals surface area contributed by atoms with Crippen molar-refractivity contribution in [3.05, 3.63) is 33.8 Å². The van der Waals surface area contributed by atoms with Gasteiger partial charge in [-0.3, -0.25) is 14.5 Å². The molecule has 17 heteroatoms. The minimum atomic E-state index is -1.46. The van der Waals surface area contributed by atoms with Gasteiger partial charge in [-0.2, -0.15) is 0 Å². The topological polar surface area (TPSA) is 181 Å². The summed E-state index contributed by atoms with van der Waals surface area (Å²) < 4.78 is 51.2. The Balaban J connectivity index is 1.62. The molecule has 0 spiro atoms. The molecular formula is C46H72Cl2N2O13. The van der Waals surface area contributed by atoms with Crippen LogP contribution in [0.3, 0.4) is 0 Å². The fourth-order valence-corrected chi connectivity index (χ4v) is 10.9. The number of carbonyl (C=O) groups is 3. The van der Waals surface area contributed by atoms with Crippen LogP contribution in [0.25, 0.3) is 0 Å². The van der Waals surface area contributed by atoms with Crippen molar-refractivity contribution in [2.24, 2.45) is 23.7 Å². The van der Waals surface area contributed by atoms with Crippen LogP contribution in [0.5, 0.6) is 0 Å². The lowest BCUT2D eigenvalue weighted by Gasteiger charge is -2.49. The third-order valence-electron chi connectivity index (χ3n) is 14.5. The van der Waals surface area contributed by atoms with Gasteiger partial charge in [0, 0.05) is 51.0 Å². The standard InChI is InChI=1S/C46H72Cl2N2O13/c1-14-33-46(10)38(50(43(55)63-46)18-17-29-15-16-30(47)31(48)20-29)25(4)35(51)23(2)21-45(9,57-13)40(62-42-36(52)32(49-11)19-24(3)58-42)26(5)37(27(6)41(54)60-33)61-34-22-44(8,56-12)39(53)28(7)59-34/h15-16,20,23-28,32-34,36-40,42,49,52-53H,14,17-19,21-22H2,1-13H3/t23-,24-,25?,26+,27-,28+,32+,33-,34+,36-,37+,38-,39+,40-,42+,44-,45-,46+/m1/s1. The Bertz CT molecular complexity index is 1760. The number of carbonyl (C=O) groups excluding carboxylic acids is 3. The monoisotopic (exact) mass is 930 g/mol. The Labute approximate surface area is 383 Å². The normalized spacial score (nSPS) is 43.2. The van der Waals surface area contributed by atoms with Gasteiger partial charge in [0.15, 0.2) is 18.2 Å². The van der Waals surface area contributed by atoms with Gasteiger partial charge in [0.25, 0.3) is 0 Å². The fraction of sp³-hybridized carbons (Fsp3) is 0.804. The predicted octanol–water partition coefficient (Wildman–Crippen LogP) is 6.11.